The second-order valence-electron chi connectivity index (χ2n) is 1.75. The van der Waals surface area contributed by atoms with Gasteiger partial charge in [0.05, 0.1) is 12.9 Å². The van der Waals surface area contributed by atoms with Crippen molar-refractivity contribution >= 4 is 15.9 Å². The average molecular weight is 187 g/mol. The van der Waals surface area contributed by atoms with E-state index in [1.807, 2.05) is 10.8 Å². The molecule has 0 saturated heterocycles. The smallest absolute Gasteiger partial charge is 0.0949 e. The quantitative estimate of drug-likeness (QED) is 0.690. The molecule has 1 heterocycles. The van der Waals surface area contributed by atoms with Gasteiger partial charge >= 0.3 is 0 Å². The van der Waals surface area contributed by atoms with E-state index in [0.717, 1.165) is 11.0 Å². The summed E-state index contributed by atoms with van der Waals surface area (Å²) >= 11 is 3.25. The molecule has 0 N–H and O–H groups in total. The first-order valence-electron chi connectivity index (χ1n) is 2.58. The van der Waals surface area contributed by atoms with Crippen molar-refractivity contribution in [1.29, 1.82) is 0 Å². The van der Waals surface area contributed by atoms with Crippen LogP contribution in [0.2, 0.25) is 0 Å². The van der Waals surface area contributed by atoms with E-state index in [1.165, 1.54) is 0 Å². The van der Waals surface area contributed by atoms with Gasteiger partial charge in [-0.2, -0.15) is 0 Å². The van der Waals surface area contributed by atoms with E-state index in [4.69, 9.17) is 0 Å². The molecule has 9 heavy (non-hydrogen) atoms. The predicted molar refractivity (Wildman–Crippen MR) is 40.3 cm³/mol. The molecule has 0 radical (unpaired) electrons. The van der Waals surface area contributed by atoms with Crippen LogP contribution >= 0.6 is 15.9 Å². The minimum Gasteiger partial charge on any atom is -0.333 e. The zero-order valence-corrected chi connectivity index (χ0v) is 6.50. The molecule has 0 unspecified atom stereocenters. The number of rotatable bonds is 2. The molecule has 0 amide bonds. The van der Waals surface area contributed by atoms with E-state index in [9.17, 15) is 0 Å². The second kappa shape index (κ2) is 2.82. The van der Waals surface area contributed by atoms with E-state index >= 15 is 0 Å². The maximum atomic E-state index is 3.88. The first kappa shape index (κ1) is 6.55. The third kappa shape index (κ3) is 2.01. The maximum absolute atomic E-state index is 3.88. The normalized spacial score (nSPS) is 9.44. The molecule has 0 saturated carbocycles. The average Bonchev–Trinajstić information content (AvgIpc) is 2.15. The lowest BCUT2D eigenvalue weighted by atomic mass is 10.6. The Balaban J connectivity index is 2.58. The summed E-state index contributed by atoms with van der Waals surface area (Å²) in [6, 6.07) is 0. The van der Waals surface area contributed by atoms with Crippen molar-refractivity contribution in [3.8, 4) is 0 Å². The van der Waals surface area contributed by atoms with Crippen molar-refractivity contribution < 1.29 is 0 Å². The van der Waals surface area contributed by atoms with Crippen LogP contribution < -0.4 is 0 Å². The Hall–Kier alpha value is -0.570. The number of hydrogen-bond donors (Lipinski definition) is 0. The number of halogens is 1. The molecule has 1 aromatic rings. The van der Waals surface area contributed by atoms with E-state index in [-0.39, 0.29) is 0 Å². The molecule has 48 valence electrons. The highest BCUT2D eigenvalue weighted by molar-refractivity contribution is 9.11. The van der Waals surface area contributed by atoms with Gasteiger partial charge in [0.1, 0.15) is 0 Å². The fourth-order valence-corrected chi connectivity index (χ4v) is 0.868. The van der Waals surface area contributed by atoms with E-state index in [2.05, 4.69) is 27.5 Å². The van der Waals surface area contributed by atoms with Gasteiger partial charge in [-0.05, 0) is 0 Å². The van der Waals surface area contributed by atoms with Crippen LogP contribution in [0.5, 0.6) is 0 Å². The molecular formula is C6H7BrN2. The third-order valence-corrected chi connectivity index (χ3v) is 1.16. The van der Waals surface area contributed by atoms with Crippen molar-refractivity contribution in [3.05, 3.63) is 29.8 Å². The number of nitrogens with zero attached hydrogens (tertiary/aromatic N) is 2. The van der Waals surface area contributed by atoms with Crippen LogP contribution in [0.15, 0.2) is 29.8 Å². The van der Waals surface area contributed by atoms with E-state index < -0.39 is 0 Å². The Kier molecular flexibility index (Phi) is 2.05. The largest absolute Gasteiger partial charge is 0.333 e. The molecule has 1 aromatic heterocycles. The summed E-state index contributed by atoms with van der Waals surface area (Å²) in [5.41, 5.74) is 0. The fourth-order valence-electron chi connectivity index (χ4n) is 0.578. The summed E-state index contributed by atoms with van der Waals surface area (Å²) in [4.78, 5) is 3.88. The summed E-state index contributed by atoms with van der Waals surface area (Å²) in [6.45, 7) is 4.49. The molecule has 0 bridgehead atoms. The topological polar surface area (TPSA) is 17.8 Å². The van der Waals surface area contributed by atoms with Gasteiger partial charge in [0.25, 0.3) is 0 Å². The molecular weight excluding hydrogens is 180 g/mol. The highest BCUT2D eigenvalue weighted by atomic mass is 79.9. The van der Waals surface area contributed by atoms with Crippen LogP contribution in [0, 0.1) is 0 Å². The molecule has 3 heteroatoms. The minimum absolute atomic E-state index is 0.792. The molecule has 0 atom stereocenters. The lowest BCUT2D eigenvalue weighted by molar-refractivity contribution is 0.816. The molecule has 0 spiro atoms. The van der Waals surface area contributed by atoms with Crippen molar-refractivity contribution in [2.45, 2.75) is 6.54 Å². The number of allylic oxidation sites excluding steroid dienone is 1. The van der Waals surface area contributed by atoms with Gasteiger partial charge in [0.2, 0.25) is 0 Å². The van der Waals surface area contributed by atoms with Gasteiger partial charge in [-0.15, -0.1) is 0 Å². The second-order valence-corrected chi connectivity index (χ2v) is 2.87. The third-order valence-electron chi connectivity index (χ3n) is 0.913. The number of hydrogen-bond acceptors (Lipinski definition) is 1. The zero-order valence-electron chi connectivity index (χ0n) is 4.92. The Morgan fingerprint density at radius 1 is 1.78 bits per heavy atom. The summed E-state index contributed by atoms with van der Waals surface area (Å²) in [7, 11) is 0. The lowest BCUT2D eigenvalue weighted by Gasteiger charge is -1.95. The van der Waals surface area contributed by atoms with Crippen molar-refractivity contribution in [1.82, 2.24) is 9.55 Å². The molecule has 1 rings (SSSR count). The van der Waals surface area contributed by atoms with Crippen molar-refractivity contribution in [2.75, 3.05) is 0 Å². The van der Waals surface area contributed by atoms with Crippen LogP contribution in [0.1, 0.15) is 0 Å². The number of imidazole rings is 1. The van der Waals surface area contributed by atoms with Gasteiger partial charge in [-0.25, -0.2) is 4.98 Å². The van der Waals surface area contributed by atoms with Crippen molar-refractivity contribution in [2.24, 2.45) is 0 Å². The standard InChI is InChI=1S/C6H7BrN2/c1-6(7)4-9-3-2-8-5-9/h2-3,5H,1,4H2. The Morgan fingerprint density at radius 2 is 2.56 bits per heavy atom. The van der Waals surface area contributed by atoms with E-state index in [0.29, 0.717) is 0 Å². The van der Waals surface area contributed by atoms with Crippen molar-refractivity contribution in [3.63, 3.8) is 0 Å². The van der Waals surface area contributed by atoms with Gasteiger partial charge in [-0.1, -0.05) is 22.5 Å². The number of aromatic nitrogens is 2. The van der Waals surface area contributed by atoms with Crippen LogP contribution in [-0.4, -0.2) is 9.55 Å². The highest BCUT2D eigenvalue weighted by Crippen LogP contribution is 2.03. The van der Waals surface area contributed by atoms with Gasteiger partial charge in [-0.3, -0.25) is 0 Å². The summed E-state index contributed by atoms with van der Waals surface area (Å²) in [5.74, 6) is 0. The first-order chi connectivity index (χ1) is 4.29. The van der Waals surface area contributed by atoms with Crippen LogP contribution in [0.3, 0.4) is 0 Å². The molecule has 0 aromatic carbocycles. The van der Waals surface area contributed by atoms with Crippen LogP contribution in [-0.2, 0) is 6.54 Å². The lowest BCUT2D eigenvalue weighted by Crippen LogP contribution is -1.91. The molecule has 0 fully saturated rings. The van der Waals surface area contributed by atoms with Crippen LogP contribution in [0.4, 0.5) is 0 Å². The summed E-state index contributed by atoms with van der Waals surface area (Å²) in [6.07, 6.45) is 5.40. The SMILES string of the molecule is C=C(Br)Cn1ccnc1. The Morgan fingerprint density at radius 3 is 3.00 bits per heavy atom. The fraction of sp³-hybridized carbons (Fsp3) is 0.167. The monoisotopic (exact) mass is 186 g/mol. The molecule has 0 aliphatic carbocycles. The van der Waals surface area contributed by atoms with Gasteiger partial charge < -0.3 is 4.57 Å². The zero-order chi connectivity index (χ0) is 6.69. The van der Waals surface area contributed by atoms with E-state index in [1.54, 1.807) is 12.5 Å². The maximum Gasteiger partial charge on any atom is 0.0949 e. The van der Waals surface area contributed by atoms with Crippen LogP contribution in [0.25, 0.3) is 0 Å². The summed E-state index contributed by atoms with van der Waals surface area (Å²) in [5, 5.41) is 0. The minimum atomic E-state index is 0.792. The summed E-state index contributed by atoms with van der Waals surface area (Å²) < 4.78 is 2.90. The highest BCUT2D eigenvalue weighted by Gasteiger charge is 1.87. The molecule has 2 nitrogen and oxygen atoms in total. The predicted octanol–water partition coefficient (Wildman–Crippen LogP) is 1.79. The van der Waals surface area contributed by atoms with Gasteiger partial charge in [0.15, 0.2) is 0 Å². The molecule has 0 aliphatic heterocycles. The van der Waals surface area contributed by atoms with Gasteiger partial charge in [0, 0.05) is 16.9 Å². The first-order valence-corrected chi connectivity index (χ1v) is 3.37. The Labute approximate surface area is 62.3 Å². The molecule has 0 aliphatic rings. The Bertz CT molecular complexity index is 191.